The molecule has 0 spiro atoms. The molecule has 0 radical (unpaired) electrons. The third-order valence-electron chi connectivity index (χ3n) is 2.82. The number of carboxylic acids is 1. The number of alkyl halides is 3. The quantitative estimate of drug-likeness (QED) is 0.874. The Balaban J connectivity index is 2.76. The second-order valence-corrected chi connectivity index (χ2v) is 4.44. The Morgan fingerprint density at radius 1 is 1.40 bits per heavy atom. The third-order valence-corrected chi connectivity index (χ3v) is 2.82. The lowest BCUT2D eigenvalue weighted by molar-refractivity contribution is -0.196. The molecule has 1 N–H and O–H groups in total. The van der Waals surface area contributed by atoms with Crippen molar-refractivity contribution >= 4 is 5.97 Å². The number of hydrogen-bond donors (Lipinski definition) is 1. The summed E-state index contributed by atoms with van der Waals surface area (Å²) in [6.45, 7) is -0.444. The second kappa shape index (κ2) is 6.60. The van der Waals surface area contributed by atoms with E-state index in [9.17, 15) is 18.0 Å². The summed E-state index contributed by atoms with van der Waals surface area (Å²) in [5, 5.41) is 8.65. The van der Waals surface area contributed by atoms with Crippen LogP contribution in [0.1, 0.15) is 5.56 Å². The number of benzene rings is 1. The van der Waals surface area contributed by atoms with Crippen LogP contribution >= 0.6 is 0 Å². The zero-order chi connectivity index (χ0) is 15.3. The maximum atomic E-state index is 12.6. The predicted molar refractivity (Wildman–Crippen MR) is 66.5 cm³/mol. The van der Waals surface area contributed by atoms with Gasteiger partial charge in [0, 0.05) is 18.7 Å². The van der Waals surface area contributed by atoms with Crippen molar-refractivity contribution in [3.8, 4) is 5.75 Å². The Labute approximate surface area is 114 Å². The average molecular weight is 291 g/mol. The molecule has 0 aliphatic rings. The van der Waals surface area contributed by atoms with Gasteiger partial charge in [-0.3, -0.25) is 4.79 Å². The van der Waals surface area contributed by atoms with E-state index in [1.54, 1.807) is 24.3 Å². The molecular weight excluding hydrogens is 275 g/mol. The molecule has 112 valence electrons. The second-order valence-electron chi connectivity index (χ2n) is 4.44. The lowest BCUT2D eigenvalue weighted by Gasteiger charge is -2.23. The summed E-state index contributed by atoms with van der Waals surface area (Å²) in [4.78, 5) is 12.0. The zero-order valence-corrected chi connectivity index (χ0v) is 11.1. The molecule has 0 aliphatic carbocycles. The van der Waals surface area contributed by atoms with Crippen LogP contribution in [0.15, 0.2) is 24.3 Å². The smallest absolute Gasteiger partial charge is 0.403 e. The molecule has 7 heteroatoms. The Morgan fingerprint density at radius 2 is 2.00 bits per heavy atom. The van der Waals surface area contributed by atoms with Crippen LogP contribution in [0.4, 0.5) is 13.2 Å². The topological polar surface area (TPSA) is 49.8 Å². The van der Waals surface area contributed by atoms with Crippen molar-refractivity contribution in [3.05, 3.63) is 29.8 Å². The first-order valence-electron chi connectivity index (χ1n) is 5.85. The van der Waals surface area contributed by atoms with Gasteiger partial charge in [-0.05, 0) is 13.1 Å². The van der Waals surface area contributed by atoms with Gasteiger partial charge in [-0.1, -0.05) is 18.2 Å². The van der Waals surface area contributed by atoms with Gasteiger partial charge in [0.25, 0.3) is 0 Å². The van der Waals surface area contributed by atoms with Crippen molar-refractivity contribution in [3.63, 3.8) is 0 Å². The van der Waals surface area contributed by atoms with E-state index < -0.39 is 24.6 Å². The summed E-state index contributed by atoms with van der Waals surface area (Å²) in [5.74, 6) is -3.72. The van der Waals surface area contributed by atoms with Gasteiger partial charge in [-0.15, -0.1) is 0 Å². The molecule has 0 aliphatic heterocycles. The third kappa shape index (κ3) is 4.41. The fourth-order valence-corrected chi connectivity index (χ4v) is 1.82. The fraction of sp³-hybridized carbons (Fsp3) is 0.462. The van der Waals surface area contributed by atoms with E-state index in [1.807, 2.05) is 0 Å². The highest BCUT2D eigenvalue weighted by Crippen LogP contribution is 2.28. The summed E-state index contributed by atoms with van der Waals surface area (Å²) < 4.78 is 42.9. The molecule has 1 unspecified atom stereocenters. The monoisotopic (exact) mass is 291 g/mol. The van der Waals surface area contributed by atoms with Crippen molar-refractivity contribution in [1.82, 2.24) is 4.90 Å². The lowest BCUT2D eigenvalue weighted by Crippen LogP contribution is -2.39. The molecule has 1 atom stereocenters. The summed E-state index contributed by atoms with van der Waals surface area (Å²) >= 11 is 0. The van der Waals surface area contributed by atoms with Crippen molar-refractivity contribution < 1.29 is 27.8 Å². The summed E-state index contributed by atoms with van der Waals surface area (Å²) in [7, 11) is 2.91. The summed E-state index contributed by atoms with van der Waals surface area (Å²) in [5.41, 5.74) is 0.698. The minimum absolute atomic E-state index is 0.171. The van der Waals surface area contributed by atoms with Crippen LogP contribution in [0.25, 0.3) is 0 Å². The van der Waals surface area contributed by atoms with Crippen LogP contribution in [-0.4, -0.2) is 42.9 Å². The first-order chi connectivity index (χ1) is 9.25. The molecule has 20 heavy (non-hydrogen) atoms. The fourth-order valence-electron chi connectivity index (χ4n) is 1.82. The van der Waals surface area contributed by atoms with Crippen molar-refractivity contribution in [1.29, 1.82) is 0 Å². The molecule has 0 bridgehead atoms. The Hall–Kier alpha value is -1.76. The van der Waals surface area contributed by atoms with Crippen LogP contribution in [0.5, 0.6) is 5.75 Å². The lowest BCUT2D eigenvalue weighted by atomic mass is 10.1. The van der Waals surface area contributed by atoms with Crippen LogP contribution in [0.3, 0.4) is 0 Å². The molecule has 1 rings (SSSR count). The van der Waals surface area contributed by atoms with Crippen molar-refractivity contribution in [2.45, 2.75) is 12.7 Å². The number of hydrogen-bond acceptors (Lipinski definition) is 3. The molecular formula is C13H16F3NO3. The highest BCUT2D eigenvalue weighted by molar-refractivity contribution is 5.71. The number of para-hydroxylation sites is 1. The predicted octanol–water partition coefficient (Wildman–Crippen LogP) is 2.39. The molecule has 0 saturated carbocycles. The van der Waals surface area contributed by atoms with Gasteiger partial charge < -0.3 is 14.7 Å². The van der Waals surface area contributed by atoms with Crippen LogP contribution in [-0.2, 0) is 11.3 Å². The first-order valence-corrected chi connectivity index (χ1v) is 5.85. The Kier molecular flexibility index (Phi) is 5.38. The van der Waals surface area contributed by atoms with Gasteiger partial charge in [0.1, 0.15) is 5.75 Å². The van der Waals surface area contributed by atoms with Gasteiger partial charge in [-0.25, -0.2) is 0 Å². The maximum absolute atomic E-state index is 12.6. The Bertz CT molecular complexity index is 462. The summed E-state index contributed by atoms with van der Waals surface area (Å²) in [6, 6.07) is 6.91. The van der Waals surface area contributed by atoms with Gasteiger partial charge >= 0.3 is 12.1 Å². The van der Waals surface area contributed by atoms with Crippen molar-refractivity contribution in [2.24, 2.45) is 5.92 Å². The zero-order valence-electron chi connectivity index (χ0n) is 11.1. The minimum Gasteiger partial charge on any atom is -0.496 e. The minimum atomic E-state index is -4.76. The normalized spacial score (nSPS) is 13.3. The van der Waals surface area contributed by atoms with Gasteiger partial charge in [0.05, 0.1) is 7.11 Å². The number of rotatable bonds is 6. The number of nitrogens with zero attached hydrogens (tertiary/aromatic N) is 1. The van der Waals surface area contributed by atoms with Gasteiger partial charge in [-0.2, -0.15) is 13.2 Å². The molecule has 0 aromatic heterocycles. The molecule has 4 nitrogen and oxygen atoms in total. The average Bonchev–Trinajstić information content (AvgIpc) is 2.35. The van der Waals surface area contributed by atoms with E-state index in [-0.39, 0.29) is 6.54 Å². The molecule has 0 amide bonds. The molecule has 0 heterocycles. The SMILES string of the molecule is COc1ccccc1CN(C)CC(C(=O)O)C(F)(F)F. The highest BCUT2D eigenvalue weighted by atomic mass is 19.4. The molecule has 0 fully saturated rings. The largest absolute Gasteiger partial charge is 0.496 e. The number of aliphatic carboxylic acids is 1. The van der Waals surface area contributed by atoms with E-state index >= 15 is 0 Å². The Morgan fingerprint density at radius 3 is 2.50 bits per heavy atom. The number of ether oxygens (including phenoxy) is 1. The molecule has 1 aromatic rings. The van der Waals surface area contributed by atoms with E-state index in [0.29, 0.717) is 11.3 Å². The van der Waals surface area contributed by atoms with Gasteiger partial charge in [0.15, 0.2) is 5.92 Å². The van der Waals surface area contributed by atoms with E-state index in [1.165, 1.54) is 19.1 Å². The van der Waals surface area contributed by atoms with E-state index in [4.69, 9.17) is 9.84 Å². The highest BCUT2D eigenvalue weighted by Gasteiger charge is 2.45. The van der Waals surface area contributed by atoms with Crippen molar-refractivity contribution in [2.75, 3.05) is 20.7 Å². The number of methoxy groups -OCH3 is 1. The molecule has 0 saturated heterocycles. The van der Waals surface area contributed by atoms with E-state index in [2.05, 4.69) is 0 Å². The van der Waals surface area contributed by atoms with E-state index in [0.717, 1.165) is 0 Å². The number of halogens is 3. The molecule has 1 aromatic carbocycles. The van der Waals surface area contributed by atoms with Crippen LogP contribution in [0, 0.1) is 5.92 Å². The van der Waals surface area contributed by atoms with Crippen LogP contribution in [0.2, 0.25) is 0 Å². The first kappa shape index (κ1) is 16.3. The summed E-state index contributed by atoms with van der Waals surface area (Å²) in [6.07, 6.45) is -4.76. The van der Waals surface area contributed by atoms with Gasteiger partial charge in [0.2, 0.25) is 0 Å². The number of carbonyl (C=O) groups is 1. The standard InChI is InChI=1S/C13H16F3NO3/c1-17(8-10(12(18)19)13(14,15)16)7-9-5-3-4-6-11(9)20-2/h3-6,10H,7-8H2,1-2H3,(H,18,19). The maximum Gasteiger partial charge on any atom is 0.403 e. The number of carboxylic acid groups (broad SMARTS) is 1. The van der Waals surface area contributed by atoms with Crippen LogP contribution < -0.4 is 4.74 Å².